The van der Waals surface area contributed by atoms with Crippen LogP contribution in [0, 0.1) is 11.7 Å². The van der Waals surface area contributed by atoms with Crippen LogP contribution in [0.25, 0.3) is 0 Å². The van der Waals surface area contributed by atoms with Crippen molar-refractivity contribution >= 4 is 21.7 Å². The van der Waals surface area contributed by atoms with Crippen LogP contribution in [0.3, 0.4) is 0 Å². The fraction of sp³-hybridized carbons (Fsp3) is 0.579. The monoisotopic (exact) mass is 413 g/mol. The van der Waals surface area contributed by atoms with Crippen molar-refractivity contribution in [2.24, 2.45) is 5.92 Å². The molecule has 156 valence electrons. The van der Waals surface area contributed by atoms with E-state index in [-0.39, 0.29) is 60.2 Å². The molecule has 1 aliphatic heterocycles. The van der Waals surface area contributed by atoms with Gasteiger partial charge in [-0.3, -0.25) is 14.5 Å². The van der Waals surface area contributed by atoms with E-state index in [1.165, 1.54) is 12.1 Å². The van der Waals surface area contributed by atoms with Gasteiger partial charge < -0.3 is 10.6 Å². The second kappa shape index (κ2) is 9.47. The molecule has 1 aliphatic rings. The third kappa shape index (κ3) is 6.87. The summed E-state index contributed by atoms with van der Waals surface area (Å²) >= 11 is 0. The molecule has 28 heavy (non-hydrogen) atoms. The van der Waals surface area contributed by atoms with Gasteiger partial charge in [0.2, 0.25) is 11.8 Å². The number of likely N-dealkylation sites (N-methyl/N-ethyl adjacent to an activating group) is 1. The Labute approximate surface area is 165 Å². The van der Waals surface area contributed by atoms with Gasteiger partial charge in [0.25, 0.3) is 0 Å². The smallest absolute Gasteiger partial charge is 0.234 e. The fourth-order valence-electron chi connectivity index (χ4n) is 3.25. The van der Waals surface area contributed by atoms with Crippen LogP contribution in [0.2, 0.25) is 0 Å². The number of rotatable bonds is 8. The van der Waals surface area contributed by atoms with Crippen molar-refractivity contribution in [2.45, 2.75) is 32.4 Å². The van der Waals surface area contributed by atoms with Crippen LogP contribution >= 0.6 is 0 Å². The molecule has 2 unspecified atom stereocenters. The van der Waals surface area contributed by atoms with Gasteiger partial charge in [0, 0.05) is 6.04 Å². The molecule has 1 fully saturated rings. The van der Waals surface area contributed by atoms with Gasteiger partial charge in [-0.2, -0.15) is 0 Å². The van der Waals surface area contributed by atoms with Crippen molar-refractivity contribution in [3.8, 4) is 0 Å². The summed E-state index contributed by atoms with van der Waals surface area (Å²) in [7, 11) is -1.41. The van der Waals surface area contributed by atoms with Crippen molar-refractivity contribution < 1.29 is 22.4 Å². The van der Waals surface area contributed by atoms with Gasteiger partial charge >= 0.3 is 0 Å². The summed E-state index contributed by atoms with van der Waals surface area (Å²) in [6.45, 7) is 3.93. The molecule has 7 nitrogen and oxygen atoms in total. The van der Waals surface area contributed by atoms with E-state index in [4.69, 9.17) is 0 Å². The molecule has 0 saturated carbocycles. The molecule has 1 heterocycles. The number of nitrogens with zero attached hydrogens (tertiary/aromatic N) is 1. The molecule has 9 heteroatoms. The fourth-order valence-corrected chi connectivity index (χ4v) is 4.93. The molecule has 1 aromatic carbocycles. The number of nitrogens with one attached hydrogen (secondary N) is 2. The van der Waals surface area contributed by atoms with Crippen molar-refractivity contribution in [1.29, 1.82) is 0 Å². The first kappa shape index (κ1) is 22.3. The predicted octanol–water partition coefficient (Wildman–Crippen LogP) is 0.874. The molecule has 1 aromatic rings. The van der Waals surface area contributed by atoms with E-state index >= 15 is 0 Å². The van der Waals surface area contributed by atoms with Gasteiger partial charge in [-0.05, 0) is 37.1 Å². The Balaban J connectivity index is 1.83. The van der Waals surface area contributed by atoms with Crippen LogP contribution in [0.1, 0.15) is 31.9 Å². The molecule has 1 saturated heterocycles. The Kier molecular flexibility index (Phi) is 7.54. The second-order valence-corrected chi connectivity index (χ2v) is 9.91. The SMILES string of the molecule is CC(C)C(NC(=O)CN(C)CC(=O)NC1CCS(=O)(=O)C1)c1ccc(F)cc1. The Hall–Kier alpha value is -2.00. The summed E-state index contributed by atoms with van der Waals surface area (Å²) in [5.41, 5.74) is 0.813. The van der Waals surface area contributed by atoms with Crippen LogP contribution in [0.4, 0.5) is 4.39 Å². The molecule has 0 spiro atoms. The third-order valence-electron chi connectivity index (χ3n) is 4.64. The van der Waals surface area contributed by atoms with Gasteiger partial charge in [0.05, 0.1) is 30.6 Å². The molecule has 2 atom stereocenters. The van der Waals surface area contributed by atoms with Gasteiger partial charge in [-0.1, -0.05) is 26.0 Å². The van der Waals surface area contributed by atoms with Crippen molar-refractivity contribution in [2.75, 3.05) is 31.6 Å². The van der Waals surface area contributed by atoms with E-state index in [2.05, 4.69) is 10.6 Å². The molecule has 0 aliphatic carbocycles. The van der Waals surface area contributed by atoms with Crippen LogP contribution < -0.4 is 10.6 Å². The van der Waals surface area contributed by atoms with Gasteiger partial charge in [0.1, 0.15) is 5.82 Å². The quantitative estimate of drug-likeness (QED) is 0.660. The second-order valence-electron chi connectivity index (χ2n) is 7.68. The number of benzene rings is 1. The lowest BCUT2D eigenvalue weighted by Gasteiger charge is -2.24. The minimum absolute atomic E-state index is 0.00708. The van der Waals surface area contributed by atoms with Crippen LogP contribution in [-0.4, -0.2) is 62.8 Å². The van der Waals surface area contributed by atoms with Gasteiger partial charge in [0.15, 0.2) is 9.84 Å². The highest BCUT2D eigenvalue weighted by Crippen LogP contribution is 2.21. The van der Waals surface area contributed by atoms with Crippen LogP contribution in [0.5, 0.6) is 0 Å². The Morgan fingerprint density at radius 2 is 1.79 bits per heavy atom. The summed E-state index contributed by atoms with van der Waals surface area (Å²) in [4.78, 5) is 26.0. The molecule has 0 radical (unpaired) electrons. The van der Waals surface area contributed by atoms with Gasteiger partial charge in [-0.25, -0.2) is 12.8 Å². The zero-order chi connectivity index (χ0) is 20.9. The van der Waals surface area contributed by atoms with Crippen molar-refractivity contribution in [3.63, 3.8) is 0 Å². The standard InChI is InChI=1S/C19H28FN3O4S/c1-13(2)19(14-4-6-15(20)7-5-14)22-18(25)11-23(3)10-17(24)21-16-8-9-28(26,27)12-16/h4-7,13,16,19H,8-12H2,1-3H3,(H,21,24)(H,22,25). The number of amides is 2. The molecule has 2 rings (SSSR count). The molecule has 0 bridgehead atoms. The number of sulfone groups is 1. The summed E-state index contributed by atoms with van der Waals surface area (Å²) in [5, 5.41) is 5.63. The van der Waals surface area contributed by atoms with E-state index in [0.717, 1.165) is 5.56 Å². The Bertz CT molecular complexity index is 796. The summed E-state index contributed by atoms with van der Waals surface area (Å²) in [5.74, 6) is -0.726. The maximum atomic E-state index is 13.1. The maximum Gasteiger partial charge on any atom is 0.234 e. The summed E-state index contributed by atoms with van der Waals surface area (Å²) < 4.78 is 36.0. The van der Waals surface area contributed by atoms with E-state index in [1.54, 1.807) is 24.1 Å². The first-order chi connectivity index (χ1) is 13.1. The highest BCUT2D eigenvalue weighted by atomic mass is 32.2. The number of halogens is 1. The van der Waals surface area contributed by atoms with E-state index in [0.29, 0.717) is 6.42 Å². The average Bonchev–Trinajstić information content (AvgIpc) is 2.91. The van der Waals surface area contributed by atoms with Crippen LogP contribution in [-0.2, 0) is 19.4 Å². The topological polar surface area (TPSA) is 95.6 Å². The van der Waals surface area contributed by atoms with E-state index < -0.39 is 9.84 Å². The molecule has 2 amide bonds. The first-order valence-corrected chi connectivity index (χ1v) is 11.1. The molecular weight excluding hydrogens is 385 g/mol. The summed E-state index contributed by atoms with van der Waals surface area (Å²) in [6.07, 6.45) is 0.423. The number of hydrogen-bond donors (Lipinski definition) is 2. The first-order valence-electron chi connectivity index (χ1n) is 9.29. The van der Waals surface area contributed by atoms with Crippen molar-refractivity contribution in [3.05, 3.63) is 35.6 Å². The minimum Gasteiger partial charge on any atom is -0.351 e. The van der Waals surface area contributed by atoms with Crippen LogP contribution in [0.15, 0.2) is 24.3 Å². The highest BCUT2D eigenvalue weighted by Gasteiger charge is 2.29. The summed E-state index contributed by atoms with van der Waals surface area (Å²) in [6, 6.07) is 5.38. The normalized spacial score (nSPS) is 19.6. The average molecular weight is 414 g/mol. The lowest BCUT2D eigenvalue weighted by molar-refractivity contribution is -0.125. The zero-order valence-electron chi connectivity index (χ0n) is 16.4. The lowest BCUT2D eigenvalue weighted by atomic mass is 9.96. The highest BCUT2D eigenvalue weighted by molar-refractivity contribution is 7.91. The maximum absolute atomic E-state index is 13.1. The third-order valence-corrected chi connectivity index (χ3v) is 6.40. The molecule has 0 aromatic heterocycles. The minimum atomic E-state index is -3.06. The zero-order valence-corrected chi connectivity index (χ0v) is 17.3. The Morgan fingerprint density at radius 1 is 1.18 bits per heavy atom. The van der Waals surface area contributed by atoms with Gasteiger partial charge in [-0.15, -0.1) is 0 Å². The van der Waals surface area contributed by atoms with E-state index in [9.17, 15) is 22.4 Å². The van der Waals surface area contributed by atoms with E-state index in [1.807, 2.05) is 13.8 Å². The largest absolute Gasteiger partial charge is 0.351 e. The number of hydrogen-bond acceptors (Lipinski definition) is 5. The number of carbonyl (C=O) groups excluding carboxylic acids is 2. The molecule has 2 N–H and O–H groups in total. The lowest BCUT2D eigenvalue weighted by Crippen LogP contribution is -2.45. The number of carbonyl (C=O) groups is 2. The predicted molar refractivity (Wildman–Crippen MR) is 105 cm³/mol. The van der Waals surface area contributed by atoms with Crippen molar-refractivity contribution in [1.82, 2.24) is 15.5 Å². The Morgan fingerprint density at radius 3 is 2.32 bits per heavy atom. The molecular formula is C19H28FN3O4S.